The molecule has 0 radical (unpaired) electrons. The van der Waals surface area contributed by atoms with E-state index in [4.69, 9.17) is 5.73 Å². The lowest BCUT2D eigenvalue weighted by Crippen LogP contribution is -2.54. The normalized spacial score (nSPS) is 15.5. The lowest BCUT2D eigenvalue weighted by atomic mass is 9.93. The van der Waals surface area contributed by atoms with Crippen LogP contribution in [0, 0.1) is 5.92 Å². The van der Waals surface area contributed by atoms with Crippen molar-refractivity contribution in [2.24, 2.45) is 11.7 Å². The van der Waals surface area contributed by atoms with Crippen LogP contribution in [0.25, 0.3) is 10.9 Å². The van der Waals surface area contributed by atoms with E-state index in [-0.39, 0.29) is 12.3 Å². The molecule has 1 unspecified atom stereocenters. The first-order valence-electron chi connectivity index (χ1n) is 14.5. The molecule has 2 aromatic heterocycles. The minimum atomic E-state index is -1.05. The Balaban J connectivity index is 1.48. The number of nitrogens with zero attached hydrogens (tertiary/aromatic N) is 1. The van der Waals surface area contributed by atoms with Gasteiger partial charge in [-0.15, -0.1) is 0 Å². The first-order chi connectivity index (χ1) is 20.6. The maximum absolute atomic E-state index is 13.5. The van der Waals surface area contributed by atoms with Gasteiger partial charge in [0.2, 0.25) is 17.7 Å². The van der Waals surface area contributed by atoms with E-state index in [1.807, 2.05) is 72.8 Å². The van der Waals surface area contributed by atoms with Gasteiger partial charge in [-0.25, -0.2) is 0 Å². The number of fused-ring (bicyclic) bond motifs is 1. The molecule has 0 saturated carbocycles. The summed E-state index contributed by atoms with van der Waals surface area (Å²) in [7, 11) is 0. The average Bonchev–Trinajstić information content (AvgIpc) is 3.44. The summed E-state index contributed by atoms with van der Waals surface area (Å²) in [5.74, 6) is -1.74. The first-order valence-corrected chi connectivity index (χ1v) is 14.5. The van der Waals surface area contributed by atoms with Crippen molar-refractivity contribution < 1.29 is 19.5 Å². The van der Waals surface area contributed by atoms with Crippen LogP contribution in [-0.4, -0.2) is 57.0 Å². The van der Waals surface area contributed by atoms with Crippen molar-refractivity contribution in [2.45, 2.75) is 63.9 Å². The van der Waals surface area contributed by atoms with Gasteiger partial charge in [0.05, 0.1) is 24.2 Å². The molecular weight excluding hydrogens is 544 g/mol. The highest BCUT2D eigenvalue weighted by Gasteiger charge is 2.29. The van der Waals surface area contributed by atoms with E-state index in [9.17, 15) is 19.5 Å². The predicted octanol–water partition coefficient (Wildman–Crippen LogP) is 2.74. The summed E-state index contributed by atoms with van der Waals surface area (Å²) in [5, 5.41) is 21.0. The van der Waals surface area contributed by atoms with Gasteiger partial charge in [0, 0.05) is 29.5 Å². The van der Waals surface area contributed by atoms with Gasteiger partial charge in [-0.05, 0) is 67.5 Å². The molecule has 2 aromatic carbocycles. The number of hydrogen-bond acceptors (Lipinski definition) is 6. The largest absolute Gasteiger partial charge is 0.391 e. The summed E-state index contributed by atoms with van der Waals surface area (Å²) < 4.78 is 0. The Hall–Kier alpha value is -4.54. The van der Waals surface area contributed by atoms with E-state index in [1.165, 1.54) is 6.92 Å². The molecule has 0 aliphatic heterocycles. The van der Waals surface area contributed by atoms with Gasteiger partial charge in [-0.2, -0.15) is 0 Å². The third-order valence-electron chi connectivity index (χ3n) is 7.49. The highest BCUT2D eigenvalue weighted by molar-refractivity contribution is 5.89. The van der Waals surface area contributed by atoms with Gasteiger partial charge in [0.15, 0.2) is 0 Å². The number of hydrogen-bond donors (Lipinski definition) is 6. The first kappa shape index (κ1) is 31.4. The molecule has 0 bridgehead atoms. The summed E-state index contributed by atoms with van der Waals surface area (Å²) in [6, 6.07) is 20.3. The number of aromatic amines is 1. The topological polar surface area (TPSA) is 162 Å². The maximum Gasteiger partial charge on any atom is 0.242 e. The van der Waals surface area contributed by atoms with Crippen LogP contribution < -0.4 is 21.7 Å². The van der Waals surface area contributed by atoms with Crippen LogP contribution in [0.4, 0.5) is 0 Å². The molecule has 2 heterocycles. The molecule has 0 fully saturated rings. The van der Waals surface area contributed by atoms with Gasteiger partial charge in [-0.3, -0.25) is 19.4 Å². The number of nitrogens with two attached hydrogens (primary N) is 1. The summed E-state index contributed by atoms with van der Waals surface area (Å²) in [4.78, 5) is 46.1. The molecule has 43 heavy (non-hydrogen) atoms. The van der Waals surface area contributed by atoms with Gasteiger partial charge in [0.25, 0.3) is 0 Å². The summed E-state index contributed by atoms with van der Waals surface area (Å²) in [6.07, 6.45) is 2.75. The second-order valence-corrected chi connectivity index (χ2v) is 11.1. The number of H-pyrrole nitrogens is 1. The molecule has 3 amide bonds. The molecule has 0 saturated heterocycles. The van der Waals surface area contributed by atoms with Crippen LogP contribution in [0.5, 0.6) is 0 Å². The number of pyridine rings is 1. The number of aliphatic hydroxyl groups is 1. The van der Waals surface area contributed by atoms with Crippen molar-refractivity contribution in [3.05, 3.63) is 102 Å². The summed E-state index contributed by atoms with van der Waals surface area (Å²) in [5.41, 5.74) is 9.17. The predicted molar refractivity (Wildman–Crippen MR) is 166 cm³/mol. The number of amides is 3. The fourth-order valence-electron chi connectivity index (χ4n) is 4.94. The molecule has 10 nitrogen and oxygen atoms in total. The molecule has 4 rings (SSSR count). The maximum atomic E-state index is 13.5. The summed E-state index contributed by atoms with van der Waals surface area (Å²) in [6.45, 7) is 4.84. The van der Waals surface area contributed by atoms with Crippen molar-refractivity contribution in [1.82, 2.24) is 25.9 Å². The van der Waals surface area contributed by atoms with E-state index >= 15 is 0 Å². The van der Waals surface area contributed by atoms with Crippen LogP contribution in [0.2, 0.25) is 0 Å². The monoisotopic (exact) mass is 584 g/mol. The Morgan fingerprint density at radius 1 is 0.860 bits per heavy atom. The minimum Gasteiger partial charge on any atom is -0.391 e. The zero-order chi connectivity index (χ0) is 30.9. The molecule has 0 aliphatic carbocycles. The van der Waals surface area contributed by atoms with Crippen molar-refractivity contribution in [3.63, 3.8) is 0 Å². The second-order valence-electron chi connectivity index (χ2n) is 11.1. The number of rotatable bonds is 13. The molecule has 6 atom stereocenters. The number of nitrogens with one attached hydrogen (secondary N) is 4. The third kappa shape index (κ3) is 8.50. The molecule has 7 N–H and O–H groups in total. The third-order valence-corrected chi connectivity index (χ3v) is 7.49. The van der Waals surface area contributed by atoms with Crippen molar-refractivity contribution in [3.8, 4) is 0 Å². The fourth-order valence-corrected chi connectivity index (χ4v) is 4.94. The molecule has 4 aromatic rings. The molecule has 0 spiro atoms. The average molecular weight is 585 g/mol. The number of aromatic nitrogens is 2. The van der Waals surface area contributed by atoms with Gasteiger partial charge < -0.3 is 31.8 Å². The van der Waals surface area contributed by atoms with Gasteiger partial charge >= 0.3 is 0 Å². The van der Waals surface area contributed by atoms with Crippen LogP contribution in [0.3, 0.4) is 0 Å². The zero-order valence-corrected chi connectivity index (χ0v) is 24.7. The van der Waals surface area contributed by atoms with E-state index in [0.717, 1.165) is 27.7 Å². The van der Waals surface area contributed by atoms with Gasteiger partial charge in [0.1, 0.15) is 6.04 Å². The van der Waals surface area contributed by atoms with E-state index in [1.54, 1.807) is 26.2 Å². The number of aliphatic hydroxyl groups excluding tert-OH is 1. The lowest BCUT2D eigenvalue weighted by molar-refractivity contribution is -0.130. The van der Waals surface area contributed by atoms with Crippen LogP contribution in [-0.2, 0) is 20.8 Å². The Kier molecular flexibility index (Phi) is 10.6. The van der Waals surface area contributed by atoms with Crippen molar-refractivity contribution >= 4 is 28.6 Å². The van der Waals surface area contributed by atoms with E-state index in [0.29, 0.717) is 6.42 Å². The molecule has 0 aliphatic rings. The smallest absolute Gasteiger partial charge is 0.242 e. The molecule has 226 valence electrons. The Bertz CT molecular complexity index is 1470. The number of para-hydroxylation sites is 1. The fraction of sp³-hybridized carbons (Fsp3) is 0.333. The molecular formula is C33H40N6O4. The zero-order valence-electron chi connectivity index (χ0n) is 24.7. The van der Waals surface area contributed by atoms with Crippen LogP contribution in [0.15, 0.2) is 85.2 Å². The second kappa shape index (κ2) is 14.6. The number of benzene rings is 2. The highest BCUT2D eigenvalue weighted by Crippen LogP contribution is 2.26. The number of carbonyl (C=O) groups excluding carboxylic acids is 3. The van der Waals surface area contributed by atoms with Crippen LogP contribution in [0.1, 0.15) is 50.1 Å². The van der Waals surface area contributed by atoms with Crippen molar-refractivity contribution in [1.29, 1.82) is 0 Å². The SMILES string of the molecule is C[C@H](N)C(=O)N[C@@H](C)C(=O)N[C@@H](Cc1ccccc1)[C@@H](O)C[C@@H](C)C(=O)NC(c1ccncc1)c1cc2ccccc2[nH]1. The Morgan fingerprint density at radius 2 is 1.53 bits per heavy atom. The van der Waals surface area contributed by atoms with Gasteiger partial charge in [-0.1, -0.05) is 55.5 Å². The van der Waals surface area contributed by atoms with Crippen LogP contribution >= 0.6 is 0 Å². The number of carbonyl (C=O) groups is 3. The minimum absolute atomic E-state index is 0.0972. The lowest BCUT2D eigenvalue weighted by Gasteiger charge is -2.28. The standard InChI is InChI=1S/C33H40N6O4/c1-20(31(41)39-30(24-13-15-35-16-14-24)28-19-25-11-7-8-12-26(25)37-28)17-29(40)27(18-23-9-5-4-6-10-23)38-33(43)22(3)36-32(42)21(2)34/h4-16,19-22,27,29-30,37,40H,17-18,34H2,1-3H3,(H,36,42)(H,38,43)(H,39,41)/t20-,21+,22+,27+,29+,30?/m1/s1. The Labute approximate surface area is 251 Å². The van der Waals surface area contributed by atoms with Crippen molar-refractivity contribution in [2.75, 3.05) is 0 Å². The van der Waals surface area contributed by atoms with E-state index < -0.39 is 48.0 Å². The molecule has 10 heteroatoms. The van der Waals surface area contributed by atoms with E-state index in [2.05, 4.69) is 25.9 Å². The summed E-state index contributed by atoms with van der Waals surface area (Å²) >= 11 is 0. The Morgan fingerprint density at radius 3 is 2.21 bits per heavy atom. The highest BCUT2D eigenvalue weighted by atomic mass is 16.3. The quantitative estimate of drug-likeness (QED) is 0.142.